The Kier molecular flexibility index (Phi) is 4.33. The minimum Gasteiger partial charge on any atom is -0.484 e. The van der Waals surface area contributed by atoms with Gasteiger partial charge in [-0.05, 0) is 31.2 Å². The van der Waals surface area contributed by atoms with Gasteiger partial charge in [-0.3, -0.25) is 9.36 Å². The molecule has 0 spiro atoms. The molecule has 0 atom stereocenters. The number of anilines is 1. The highest BCUT2D eigenvalue weighted by Gasteiger charge is 2.05. The third kappa shape index (κ3) is 3.94. The summed E-state index contributed by atoms with van der Waals surface area (Å²) in [5, 5.41) is 2.74. The number of carbonyl (C=O) groups excluding carboxylic acids is 1. The van der Waals surface area contributed by atoms with Crippen molar-refractivity contribution in [1.29, 1.82) is 0 Å². The quantitative estimate of drug-likeness (QED) is 0.786. The Morgan fingerprint density at radius 3 is 2.70 bits per heavy atom. The minimum absolute atomic E-state index is 0.0493. The first-order valence-corrected chi connectivity index (χ1v) is 7.14. The summed E-state index contributed by atoms with van der Waals surface area (Å²) in [6, 6.07) is 11.1. The SMILES string of the molecule is Cc1ccc(OCC(=O)Nc2ccc(-n3ccnc3)nc2)cc1. The molecule has 3 rings (SSSR count). The van der Waals surface area contributed by atoms with Gasteiger partial charge in [-0.2, -0.15) is 0 Å². The molecule has 0 saturated heterocycles. The molecule has 0 bridgehead atoms. The van der Waals surface area contributed by atoms with Crippen molar-refractivity contribution >= 4 is 11.6 Å². The zero-order chi connectivity index (χ0) is 16.1. The number of carbonyl (C=O) groups is 1. The van der Waals surface area contributed by atoms with Crippen molar-refractivity contribution in [3.8, 4) is 11.6 Å². The molecule has 0 aliphatic carbocycles. The second-order valence-electron chi connectivity index (χ2n) is 5.02. The fourth-order valence-corrected chi connectivity index (χ4v) is 1.99. The summed E-state index contributed by atoms with van der Waals surface area (Å²) < 4.78 is 7.22. The van der Waals surface area contributed by atoms with Crippen molar-refractivity contribution in [2.75, 3.05) is 11.9 Å². The molecule has 6 nitrogen and oxygen atoms in total. The Morgan fingerprint density at radius 2 is 2.04 bits per heavy atom. The number of rotatable bonds is 5. The number of nitrogens with zero attached hydrogens (tertiary/aromatic N) is 3. The zero-order valence-electron chi connectivity index (χ0n) is 12.6. The Labute approximate surface area is 133 Å². The van der Waals surface area contributed by atoms with Crippen molar-refractivity contribution in [3.05, 3.63) is 66.9 Å². The predicted octanol–water partition coefficient (Wildman–Crippen LogP) is 2.59. The highest BCUT2D eigenvalue weighted by Crippen LogP contribution is 2.12. The summed E-state index contributed by atoms with van der Waals surface area (Å²) in [5.74, 6) is 1.17. The molecule has 0 radical (unpaired) electrons. The Morgan fingerprint density at radius 1 is 1.22 bits per heavy atom. The average molecular weight is 308 g/mol. The lowest BCUT2D eigenvalue weighted by Crippen LogP contribution is -2.20. The lowest BCUT2D eigenvalue weighted by atomic mass is 10.2. The van der Waals surface area contributed by atoms with Gasteiger partial charge in [-0.1, -0.05) is 17.7 Å². The van der Waals surface area contributed by atoms with Gasteiger partial charge < -0.3 is 10.1 Å². The summed E-state index contributed by atoms with van der Waals surface area (Å²) in [6.45, 7) is 1.95. The molecule has 0 aliphatic rings. The van der Waals surface area contributed by atoms with E-state index in [1.54, 1.807) is 41.6 Å². The van der Waals surface area contributed by atoms with Gasteiger partial charge in [0.25, 0.3) is 5.91 Å². The Bertz CT molecular complexity index is 765. The smallest absolute Gasteiger partial charge is 0.262 e. The number of aryl methyl sites for hydroxylation is 1. The van der Waals surface area contributed by atoms with Crippen LogP contribution < -0.4 is 10.1 Å². The fraction of sp³-hybridized carbons (Fsp3) is 0.118. The largest absolute Gasteiger partial charge is 0.484 e. The fourth-order valence-electron chi connectivity index (χ4n) is 1.99. The summed E-state index contributed by atoms with van der Waals surface area (Å²) >= 11 is 0. The van der Waals surface area contributed by atoms with Gasteiger partial charge in [0.15, 0.2) is 6.61 Å². The van der Waals surface area contributed by atoms with Crippen LogP contribution >= 0.6 is 0 Å². The summed E-state index contributed by atoms with van der Waals surface area (Å²) in [7, 11) is 0. The summed E-state index contributed by atoms with van der Waals surface area (Å²) in [4.78, 5) is 20.1. The first-order chi connectivity index (χ1) is 11.2. The standard InChI is InChI=1S/C17H16N4O2/c1-13-2-5-15(6-3-13)23-11-17(22)20-14-4-7-16(19-10-14)21-9-8-18-12-21/h2-10,12H,11H2,1H3,(H,20,22). The number of imidazole rings is 1. The molecule has 6 heteroatoms. The maximum Gasteiger partial charge on any atom is 0.262 e. The molecule has 0 saturated carbocycles. The first kappa shape index (κ1) is 14.8. The van der Waals surface area contributed by atoms with Crippen molar-refractivity contribution in [3.63, 3.8) is 0 Å². The topological polar surface area (TPSA) is 69.0 Å². The van der Waals surface area contributed by atoms with E-state index < -0.39 is 0 Å². The number of aromatic nitrogens is 3. The first-order valence-electron chi connectivity index (χ1n) is 7.14. The van der Waals surface area contributed by atoms with Crippen LogP contribution in [0.25, 0.3) is 5.82 Å². The van der Waals surface area contributed by atoms with Gasteiger partial charge in [-0.25, -0.2) is 9.97 Å². The highest BCUT2D eigenvalue weighted by atomic mass is 16.5. The summed E-state index contributed by atoms with van der Waals surface area (Å²) in [6.07, 6.45) is 6.74. The van der Waals surface area contributed by atoms with Gasteiger partial charge in [0.1, 0.15) is 17.9 Å². The average Bonchev–Trinajstić information content (AvgIpc) is 3.09. The van der Waals surface area contributed by atoms with Gasteiger partial charge in [0.05, 0.1) is 11.9 Å². The van der Waals surface area contributed by atoms with Crippen LogP contribution in [0.2, 0.25) is 0 Å². The van der Waals surface area contributed by atoms with E-state index >= 15 is 0 Å². The van der Waals surface area contributed by atoms with E-state index in [2.05, 4.69) is 15.3 Å². The van der Waals surface area contributed by atoms with E-state index in [1.165, 1.54) is 0 Å². The van der Waals surface area contributed by atoms with Crippen molar-refractivity contribution in [2.24, 2.45) is 0 Å². The van der Waals surface area contributed by atoms with Crippen LogP contribution in [0.4, 0.5) is 5.69 Å². The highest BCUT2D eigenvalue weighted by molar-refractivity contribution is 5.91. The van der Waals surface area contributed by atoms with Crippen molar-refractivity contribution < 1.29 is 9.53 Å². The zero-order valence-corrected chi connectivity index (χ0v) is 12.6. The molecule has 23 heavy (non-hydrogen) atoms. The molecule has 3 aromatic rings. The maximum atomic E-state index is 11.9. The van der Waals surface area contributed by atoms with Crippen LogP contribution in [0, 0.1) is 6.92 Å². The van der Waals surface area contributed by atoms with Crippen LogP contribution in [0.1, 0.15) is 5.56 Å². The Hall–Kier alpha value is -3.15. The third-order valence-corrected chi connectivity index (χ3v) is 3.19. The number of benzene rings is 1. The normalized spacial score (nSPS) is 10.3. The lowest BCUT2D eigenvalue weighted by Gasteiger charge is -2.08. The van der Waals surface area contributed by atoms with E-state index in [0.29, 0.717) is 11.4 Å². The number of pyridine rings is 1. The molecule has 2 aromatic heterocycles. The molecule has 1 amide bonds. The van der Waals surface area contributed by atoms with Crippen LogP contribution in [-0.2, 0) is 4.79 Å². The number of hydrogen-bond donors (Lipinski definition) is 1. The number of ether oxygens (including phenoxy) is 1. The molecular formula is C17H16N4O2. The molecule has 116 valence electrons. The number of amides is 1. The second kappa shape index (κ2) is 6.74. The predicted molar refractivity (Wildman–Crippen MR) is 86.7 cm³/mol. The molecule has 1 N–H and O–H groups in total. The van der Waals surface area contributed by atoms with E-state index in [9.17, 15) is 4.79 Å². The summed E-state index contributed by atoms with van der Waals surface area (Å²) in [5.41, 5.74) is 1.76. The molecule has 1 aromatic carbocycles. The monoisotopic (exact) mass is 308 g/mol. The molecule has 0 aliphatic heterocycles. The number of hydrogen-bond acceptors (Lipinski definition) is 4. The maximum absolute atomic E-state index is 11.9. The van der Waals surface area contributed by atoms with E-state index in [4.69, 9.17) is 4.74 Å². The van der Waals surface area contributed by atoms with Crippen molar-refractivity contribution in [1.82, 2.24) is 14.5 Å². The van der Waals surface area contributed by atoms with Gasteiger partial charge in [0.2, 0.25) is 0 Å². The van der Waals surface area contributed by atoms with Crippen LogP contribution in [-0.4, -0.2) is 27.0 Å². The van der Waals surface area contributed by atoms with E-state index in [1.807, 2.05) is 31.2 Å². The van der Waals surface area contributed by atoms with Crippen LogP contribution in [0.5, 0.6) is 5.75 Å². The minimum atomic E-state index is -0.234. The third-order valence-electron chi connectivity index (χ3n) is 3.19. The lowest BCUT2D eigenvalue weighted by molar-refractivity contribution is -0.118. The molecule has 2 heterocycles. The molecule has 0 fully saturated rings. The van der Waals surface area contributed by atoms with Crippen LogP contribution in [0.15, 0.2) is 61.3 Å². The van der Waals surface area contributed by atoms with Gasteiger partial charge in [-0.15, -0.1) is 0 Å². The van der Waals surface area contributed by atoms with Crippen LogP contribution in [0.3, 0.4) is 0 Å². The van der Waals surface area contributed by atoms with E-state index in [-0.39, 0.29) is 12.5 Å². The molecule has 0 unspecified atom stereocenters. The van der Waals surface area contributed by atoms with Crippen molar-refractivity contribution in [2.45, 2.75) is 6.92 Å². The second-order valence-corrected chi connectivity index (χ2v) is 5.02. The molecular weight excluding hydrogens is 292 g/mol. The van der Waals surface area contributed by atoms with Gasteiger partial charge >= 0.3 is 0 Å². The number of nitrogens with one attached hydrogen (secondary N) is 1. The van der Waals surface area contributed by atoms with E-state index in [0.717, 1.165) is 11.4 Å². The van der Waals surface area contributed by atoms with Gasteiger partial charge in [0, 0.05) is 12.4 Å². The Balaban J connectivity index is 1.54.